The van der Waals surface area contributed by atoms with E-state index in [2.05, 4.69) is 35.6 Å². The zero-order valence-electron chi connectivity index (χ0n) is 20.0. The normalized spacial score (nSPS) is 11.3. The largest absolute Gasteiger partial charge is 0.505 e. The highest BCUT2D eigenvalue weighted by Crippen LogP contribution is 2.40. The number of aromatic amines is 2. The fourth-order valence-electron chi connectivity index (χ4n) is 4.16. The van der Waals surface area contributed by atoms with Gasteiger partial charge in [0.05, 0.1) is 22.8 Å². The summed E-state index contributed by atoms with van der Waals surface area (Å²) in [5, 5.41) is 37.4. The quantitative estimate of drug-likeness (QED) is 0.239. The number of phenols is 1. The smallest absolute Gasteiger partial charge is 0.323 e. The molecule has 12 heteroatoms. The van der Waals surface area contributed by atoms with E-state index in [-0.39, 0.29) is 28.3 Å². The number of azo groups is 1. The maximum atomic E-state index is 13.3. The second kappa shape index (κ2) is 9.41. The van der Waals surface area contributed by atoms with Crippen LogP contribution in [0.1, 0.15) is 15.9 Å². The van der Waals surface area contributed by atoms with Gasteiger partial charge < -0.3 is 20.4 Å². The lowest BCUT2D eigenvalue weighted by molar-refractivity contribution is 0.102. The number of carbonyl (C=O) groups is 1. The van der Waals surface area contributed by atoms with Crippen molar-refractivity contribution in [2.45, 2.75) is 0 Å². The molecule has 3 heterocycles. The van der Waals surface area contributed by atoms with Crippen molar-refractivity contribution >= 4 is 44.9 Å². The zero-order chi connectivity index (χ0) is 26.9. The Morgan fingerprint density at radius 2 is 1.85 bits per heavy atom. The molecule has 0 unspecified atom stereocenters. The number of carbonyl (C=O) groups excluding carboxylic acids is 1. The Morgan fingerprint density at radius 3 is 2.67 bits per heavy atom. The van der Waals surface area contributed by atoms with Gasteiger partial charge in [-0.25, -0.2) is 9.78 Å². The maximum absolute atomic E-state index is 13.3. The van der Waals surface area contributed by atoms with Gasteiger partial charge in [-0.15, -0.1) is 10.2 Å². The number of fused-ring (bicyclic) bond motifs is 2. The van der Waals surface area contributed by atoms with E-state index in [1.165, 1.54) is 10.9 Å². The first-order valence-corrected chi connectivity index (χ1v) is 11.6. The van der Waals surface area contributed by atoms with Crippen LogP contribution in [0.4, 0.5) is 17.2 Å². The van der Waals surface area contributed by atoms with Crippen LogP contribution in [0.5, 0.6) is 5.75 Å². The zero-order valence-corrected chi connectivity index (χ0v) is 20.0. The standard InChI is InChI=1S/C27H17N9O3/c28-13-16-14-30-36(22-7-3-4-10-29-22)25(16)35-34-23-18-6-2-1-5-15(18)11-19(24(23)37)26(38)31-17-8-9-20-21(12-17)33-27(39)32-20/h1-12,14,37H,(H,31,38)(H2,32,33,39)/b35-34+. The number of benzene rings is 3. The Labute approximate surface area is 218 Å². The molecule has 0 spiro atoms. The minimum atomic E-state index is -0.594. The molecule has 0 aliphatic heterocycles. The summed E-state index contributed by atoms with van der Waals surface area (Å²) in [4.78, 5) is 34.3. The summed E-state index contributed by atoms with van der Waals surface area (Å²) < 4.78 is 1.36. The molecule has 12 nitrogen and oxygen atoms in total. The van der Waals surface area contributed by atoms with Gasteiger partial charge in [-0.05, 0) is 41.8 Å². The third-order valence-electron chi connectivity index (χ3n) is 5.99. The van der Waals surface area contributed by atoms with Crippen LogP contribution in [0.25, 0.3) is 27.6 Å². The third-order valence-corrected chi connectivity index (χ3v) is 5.99. The van der Waals surface area contributed by atoms with E-state index in [9.17, 15) is 20.0 Å². The maximum Gasteiger partial charge on any atom is 0.323 e. The van der Waals surface area contributed by atoms with Gasteiger partial charge in [-0.3, -0.25) is 4.79 Å². The van der Waals surface area contributed by atoms with E-state index >= 15 is 0 Å². The highest BCUT2D eigenvalue weighted by Gasteiger charge is 2.20. The predicted molar refractivity (Wildman–Crippen MR) is 143 cm³/mol. The van der Waals surface area contributed by atoms with Crippen LogP contribution in [0.2, 0.25) is 0 Å². The molecule has 0 aliphatic rings. The summed E-state index contributed by atoms with van der Waals surface area (Å²) in [5.74, 6) is -0.448. The van der Waals surface area contributed by atoms with Crippen molar-refractivity contribution < 1.29 is 9.90 Å². The Bertz CT molecular complexity index is 2010. The molecule has 0 saturated heterocycles. The summed E-state index contributed by atoms with van der Waals surface area (Å²) in [7, 11) is 0. The SMILES string of the molecule is N#Cc1cnn(-c2ccccn2)c1/N=N/c1c(O)c(C(=O)Nc2ccc3[nH]c(=O)[nH]c3c2)cc2ccccc12. The summed E-state index contributed by atoms with van der Waals surface area (Å²) in [6.07, 6.45) is 2.93. The molecule has 0 aliphatic carbocycles. The number of aromatic nitrogens is 5. The highest BCUT2D eigenvalue weighted by atomic mass is 16.3. The Balaban J connectivity index is 1.42. The van der Waals surface area contributed by atoms with Gasteiger partial charge in [-0.2, -0.15) is 15.0 Å². The molecule has 0 saturated carbocycles. The first-order chi connectivity index (χ1) is 19.0. The van der Waals surface area contributed by atoms with E-state index in [1.807, 2.05) is 6.07 Å². The van der Waals surface area contributed by atoms with E-state index < -0.39 is 11.7 Å². The minimum Gasteiger partial charge on any atom is -0.505 e. The van der Waals surface area contributed by atoms with Crippen LogP contribution in [0.15, 0.2) is 94.1 Å². The minimum absolute atomic E-state index is 0.0379. The third kappa shape index (κ3) is 4.25. The number of anilines is 1. The number of rotatable bonds is 5. The van der Waals surface area contributed by atoms with Gasteiger partial charge in [-0.1, -0.05) is 30.3 Å². The number of amides is 1. The number of pyridine rings is 1. The van der Waals surface area contributed by atoms with Crippen LogP contribution in [-0.4, -0.2) is 35.7 Å². The van der Waals surface area contributed by atoms with Crippen molar-refractivity contribution in [3.8, 4) is 17.6 Å². The van der Waals surface area contributed by atoms with Crippen molar-refractivity contribution in [1.82, 2.24) is 24.7 Å². The topological polar surface area (TPSA) is 177 Å². The Morgan fingerprint density at radius 1 is 1.03 bits per heavy atom. The number of hydrogen-bond donors (Lipinski definition) is 4. The number of nitrogens with zero attached hydrogens (tertiary/aromatic N) is 6. The molecule has 3 aromatic heterocycles. The van der Waals surface area contributed by atoms with Crippen LogP contribution >= 0.6 is 0 Å². The van der Waals surface area contributed by atoms with Crippen molar-refractivity contribution in [1.29, 1.82) is 5.26 Å². The van der Waals surface area contributed by atoms with Crippen molar-refractivity contribution in [2.75, 3.05) is 5.32 Å². The number of H-pyrrole nitrogens is 2. The number of nitrogens with one attached hydrogen (secondary N) is 3. The van der Waals surface area contributed by atoms with E-state index in [0.29, 0.717) is 33.3 Å². The summed E-state index contributed by atoms with van der Waals surface area (Å²) in [6, 6.07) is 20.8. The second-order valence-corrected chi connectivity index (χ2v) is 8.43. The number of imidazole rings is 1. The lowest BCUT2D eigenvalue weighted by Crippen LogP contribution is -2.12. The first-order valence-electron chi connectivity index (χ1n) is 11.6. The van der Waals surface area contributed by atoms with Gasteiger partial charge in [0, 0.05) is 17.3 Å². The molecule has 0 fully saturated rings. The second-order valence-electron chi connectivity index (χ2n) is 8.43. The van der Waals surface area contributed by atoms with Gasteiger partial charge in [0.15, 0.2) is 17.4 Å². The molecule has 188 valence electrons. The fourth-order valence-corrected chi connectivity index (χ4v) is 4.16. The molecule has 1 amide bonds. The molecule has 6 rings (SSSR count). The average Bonchev–Trinajstić information content (AvgIpc) is 3.54. The summed E-state index contributed by atoms with van der Waals surface area (Å²) in [6.45, 7) is 0. The van der Waals surface area contributed by atoms with Gasteiger partial charge >= 0.3 is 5.69 Å². The fraction of sp³-hybridized carbons (Fsp3) is 0. The predicted octanol–water partition coefficient (Wildman–Crippen LogP) is 4.84. The molecule has 39 heavy (non-hydrogen) atoms. The van der Waals surface area contributed by atoms with Crippen LogP contribution in [0, 0.1) is 11.3 Å². The van der Waals surface area contributed by atoms with E-state index in [0.717, 1.165) is 0 Å². The van der Waals surface area contributed by atoms with Crippen molar-refractivity contribution in [3.63, 3.8) is 0 Å². The first kappa shape index (κ1) is 23.3. The van der Waals surface area contributed by atoms with Gasteiger partial charge in [0.2, 0.25) is 0 Å². The van der Waals surface area contributed by atoms with Gasteiger partial charge in [0.1, 0.15) is 17.3 Å². The molecule has 0 bridgehead atoms. The average molecular weight is 515 g/mol. The lowest BCUT2D eigenvalue weighted by atomic mass is 10.0. The molecule has 0 atom stereocenters. The van der Waals surface area contributed by atoms with Crippen LogP contribution in [-0.2, 0) is 0 Å². The van der Waals surface area contributed by atoms with E-state index in [1.54, 1.807) is 72.9 Å². The summed E-state index contributed by atoms with van der Waals surface area (Å²) >= 11 is 0. The Kier molecular flexibility index (Phi) is 5.63. The molecule has 3 aromatic carbocycles. The number of phenolic OH excluding ortho intramolecular Hbond substituents is 1. The highest BCUT2D eigenvalue weighted by molar-refractivity contribution is 6.12. The number of hydrogen-bond acceptors (Lipinski definition) is 8. The number of nitriles is 1. The molecular weight excluding hydrogens is 498 g/mol. The monoisotopic (exact) mass is 515 g/mol. The molecule has 6 aromatic rings. The molecule has 4 N–H and O–H groups in total. The molecule has 0 radical (unpaired) electrons. The molecular formula is C27H17N9O3. The van der Waals surface area contributed by atoms with Crippen molar-refractivity contribution in [3.05, 3.63) is 101 Å². The Hall–Kier alpha value is -6.09. The lowest BCUT2D eigenvalue weighted by Gasteiger charge is -2.11. The number of aromatic hydroxyl groups is 1. The van der Waals surface area contributed by atoms with Gasteiger partial charge in [0.25, 0.3) is 5.91 Å². The van der Waals surface area contributed by atoms with Crippen molar-refractivity contribution in [2.24, 2.45) is 10.2 Å². The van der Waals surface area contributed by atoms with E-state index in [4.69, 9.17) is 0 Å². The van der Waals surface area contributed by atoms with Crippen LogP contribution < -0.4 is 11.0 Å². The van der Waals surface area contributed by atoms with Crippen LogP contribution in [0.3, 0.4) is 0 Å². The summed E-state index contributed by atoms with van der Waals surface area (Å²) in [5.41, 5.74) is 1.32.